The molecule has 0 N–H and O–H groups in total. The molecule has 1 unspecified atom stereocenters. The number of halogens is 2. The van der Waals surface area contributed by atoms with Gasteiger partial charge in [-0.25, -0.2) is 0 Å². The van der Waals surface area contributed by atoms with Crippen LogP contribution >= 0.6 is 29.1 Å². The lowest BCUT2D eigenvalue weighted by Crippen LogP contribution is -1.97. The molecule has 0 aliphatic rings. The van der Waals surface area contributed by atoms with Crippen molar-refractivity contribution >= 4 is 34.4 Å². The van der Waals surface area contributed by atoms with Gasteiger partial charge in [0.15, 0.2) is 0 Å². The second-order valence-electron chi connectivity index (χ2n) is 3.13. The highest BCUT2D eigenvalue weighted by Gasteiger charge is 2.05. The summed E-state index contributed by atoms with van der Waals surface area (Å²) in [4.78, 5) is 0. The first kappa shape index (κ1) is 11.3. The highest BCUT2D eigenvalue weighted by molar-refractivity contribution is 8.08. The van der Waals surface area contributed by atoms with Crippen LogP contribution in [0.5, 0.6) is 0 Å². The lowest BCUT2D eigenvalue weighted by Gasteiger charge is -2.09. The highest BCUT2D eigenvalue weighted by Crippen LogP contribution is 2.45. The van der Waals surface area contributed by atoms with Gasteiger partial charge in [-0.2, -0.15) is 0 Å². The summed E-state index contributed by atoms with van der Waals surface area (Å²) < 4.78 is 0. The van der Waals surface area contributed by atoms with Crippen molar-refractivity contribution in [2.24, 2.45) is 0 Å². The van der Waals surface area contributed by atoms with Gasteiger partial charge in [-0.1, -0.05) is 60.6 Å². The first-order chi connectivity index (χ1) is 6.15. The largest absolute Gasteiger partial charge is 0.116 e. The van der Waals surface area contributed by atoms with Gasteiger partial charge >= 0.3 is 0 Å². The number of rotatable bonds is 3. The molecule has 1 aromatic carbocycles. The van der Waals surface area contributed by atoms with Crippen molar-refractivity contribution in [3.8, 4) is 0 Å². The molecular weight excluding hydrogens is 222 g/mol. The first-order valence-corrected chi connectivity index (χ1v) is 7.52. The Bertz CT molecular complexity index is 256. The molecule has 13 heavy (non-hydrogen) atoms. The molecule has 3 heteroatoms. The predicted molar refractivity (Wildman–Crippen MR) is 63.4 cm³/mol. The summed E-state index contributed by atoms with van der Waals surface area (Å²) >= 11 is 11.6. The summed E-state index contributed by atoms with van der Waals surface area (Å²) in [6.07, 6.45) is 1.16. The summed E-state index contributed by atoms with van der Waals surface area (Å²) in [7, 11) is 0. The maximum atomic E-state index is 5.80. The molecule has 0 aliphatic heterocycles. The van der Waals surface area contributed by atoms with Gasteiger partial charge in [0.05, 0.1) is 0 Å². The van der Waals surface area contributed by atoms with Crippen LogP contribution < -0.4 is 5.30 Å². The third-order valence-corrected chi connectivity index (χ3v) is 4.13. The standard InChI is InChI=1S/C10H13Cl2P/c1-3-8(2)9-4-6-10(7-5-9)13(11)12/h4-8H,3H2,1-2H3. The Labute approximate surface area is 90.6 Å². The van der Waals surface area contributed by atoms with Crippen LogP contribution in [0.1, 0.15) is 31.7 Å². The fourth-order valence-corrected chi connectivity index (χ4v) is 2.20. The van der Waals surface area contributed by atoms with Crippen LogP contribution in [0.4, 0.5) is 0 Å². The molecular formula is C10H13Cl2P. The fourth-order valence-electron chi connectivity index (χ4n) is 1.15. The van der Waals surface area contributed by atoms with Crippen LogP contribution in [0.25, 0.3) is 0 Å². The molecule has 1 rings (SSSR count). The van der Waals surface area contributed by atoms with Crippen LogP contribution in [0, 0.1) is 0 Å². The molecule has 0 aliphatic carbocycles. The highest BCUT2D eigenvalue weighted by atomic mass is 35.9. The lowest BCUT2D eigenvalue weighted by atomic mass is 9.99. The molecule has 72 valence electrons. The van der Waals surface area contributed by atoms with Crippen LogP contribution in [0.15, 0.2) is 24.3 Å². The zero-order chi connectivity index (χ0) is 9.84. The molecule has 0 amide bonds. The van der Waals surface area contributed by atoms with Gasteiger partial charge < -0.3 is 0 Å². The summed E-state index contributed by atoms with van der Waals surface area (Å²) in [5, 5.41) is 1.03. The van der Waals surface area contributed by atoms with Crippen molar-refractivity contribution in [2.45, 2.75) is 26.2 Å². The van der Waals surface area contributed by atoms with Gasteiger partial charge in [-0.05, 0) is 17.9 Å². The molecule has 0 saturated carbocycles. The number of hydrogen-bond acceptors (Lipinski definition) is 0. The minimum Gasteiger partial charge on any atom is -0.0727 e. The van der Waals surface area contributed by atoms with Crippen LogP contribution in [-0.2, 0) is 0 Å². The van der Waals surface area contributed by atoms with E-state index in [0.717, 1.165) is 11.7 Å². The van der Waals surface area contributed by atoms with E-state index >= 15 is 0 Å². The Hall–Kier alpha value is 0.230. The van der Waals surface area contributed by atoms with E-state index in [1.165, 1.54) is 5.56 Å². The minimum absolute atomic E-state index is 0.617. The molecule has 0 fully saturated rings. The van der Waals surface area contributed by atoms with E-state index in [4.69, 9.17) is 22.5 Å². The second kappa shape index (κ2) is 5.20. The first-order valence-electron chi connectivity index (χ1n) is 4.36. The third kappa shape index (κ3) is 3.13. The molecule has 0 radical (unpaired) electrons. The maximum Gasteiger partial charge on any atom is 0.116 e. The van der Waals surface area contributed by atoms with Gasteiger partial charge in [-0.15, -0.1) is 0 Å². The Kier molecular flexibility index (Phi) is 4.52. The normalized spacial score (nSPS) is 13.3. The summed E-state index contributed by atoms with van der Waals surface area (Å²) in [6, 6.07) is 8.27. The summed E-state index contributed by atoms with van der Waals surface area (Å²) in [5.74, 6) is 0.617. The zero-order valence-corrected chi connectivity index (χ0v) is 10.2. The summed E-state index contributed by atoms with van der Waals surface area (Å²) in [5.41, 5.74) is 1.36. The van der Waals surface area contributed by atoms with Gasteiger partial charge in [0, 0.05) is 5.30 Å². The predicted octanol–water partition coefficient (Wildman–Crippen LogP) is 4.61. The average molecular weight is 235 g/mol. The fraction of sp³-hybridized carbons (Fsp3) is 0.400. The van der Waals surface area contributed by atoms with Crippen molar-refractivity contribution < 1.29 is 0 Å². The molecule has 0 saturated heterocycles. The lowest BCUT2D eigenvalue weighted by molar-refractivity contribution is 0.734. The van der Waals surface area contributed by atoms with Crippen molar-refractivity contribution in [1.29, 1.82) is 0 Å². The maximum absolute atomic E-state index is 5.80. The SMILES string of the molecule is CCC(C)c1ccc(P(Cl)Cl)cc1. The van der Waals surface area contributed by atoms with Gasteiger partial charge in [-0.3, -0.25) is 0 Å². The molecule has 0 spiro atoms. The molecule has 1 atom stereocenters. The van der Waals surface area contributed by atoms with E-state index in [1.807, 2.05) is 12.1 Å². The summed E-state index contributed by atoms with van der Waals surface area (Å²) in [6.45, 7) is 3.42. The van der Waals surface area contributed by atoms with Gasteiger partial charge in [0.1, 0.15) is 6.63 Å². The molecule has 0 bridgehead atoms. The average Bonchev–Trinajstić information content (AvgIpc) is 2.17. The molecule has 0 aromatic heterocycles. The Morgan fingerprint density at radius 1 is 1.23 bits per heavy atom. The van der Waals surface area contributed by atoms with Crippen molar-refractivity contribution in [2.75, 3.05) is 0 Å². The van der Waals surface area contributed by atoms with Gasteiger partial charge in [0.2, 0.25) is 0 Å². The molecule has 1 aromatic rings. The second-order valence-corrected chi connectivity index (χ2v) is 6.66. The monoisotopic (exact) mass is 234 g/mol. The number of benzene rings is 1. The van der Waals surface area contributed by atoms with Crippen LogP contribution in [0.2, 0.25) is 0 Å². The zero-order valence-electron chi connectivity index (χ0n) is 7.80. The van der Waals surface area contributed by atoms with Crippen molar-refractivity contribution in [3.63, 3.8) is 0 Å². The molecule has 0 heterocycles. The van der Waals surface area contributed by atoms with E-state index in [1.54, 1.807) is 0 Å². The quantitative estimate of drug-likeness (QED) is 0.671. The molecule has 0 nitrogen and oxygen atoms in total. The van der Waals surface area contributed by atoms with Gasteiger partial charge in [0.25, 0.3) is 0 Å². The Morgan fingerprint density at radius 3 is 2.15 bits per heavy atom. The Morgan fingerprint density at radius 2 is 1.77 bits per heavy atom. The van der Waals surface area contributed by atoms with E-state index in [9.17, 15) is 0 Å². The van der Waals surface area contributed by atoms with E-state index in [0.29, 0.717) is 5.92 Å². The van der Waals surface area contributed by atoms with E-state index in [-0.39, 0.29) is 0 Å². The minimum atomic E-state index is -0.987. The van der Waals surface area contributed by atoms with Crippen LogP contribution in [-0.4, -0.2) is 0 Å². The van der Waals surface area contributed by atoms with E-state index in [2.05, 4.69) is 26.0 Å². The van der Waals surface area contributed by atoms with Crippen molar-refractivity contribution in [3.05, 3.63) is 29.8 Å². The number of hydrogen-bond donors (Lipinski definition) is 0. The van der Waals surface area contributed by atoms with Crippen LogP contribution in [0.3, 0.4) is 0 Å². The van der Waals surface area contributed by atoms with Crippen molar-refractivity contribution in [1.82, 2.24) is 0 Å². The third-order valence-electron chi connectivity index (χ3n) is 2.27. The Balaban J connectivity index is 2.81. The smallest absolute Gasteiger partial charge is 0.0727 e. The van der Waals surface area contributed by atoms with E-state index < -0.39 is 6.63 Å². The topological polar surface area (TPSA) is 0 Å².